The van der Waals surface area contributed by atoms with Gasteiger partial charge in [-0.2, -0.15) is 0 Å². The van der Waals surface area contributed by atoms with Gasteiger partial charge in [-0.15, -0.1) is 0 Å². The molecule has 0 aromatic heterocycles. The van der Waals surface area contributed by atoms with Crippen LogP contribution in [-0.4, -0.2) is 43.6 Å². The van der Waals surface area contributed by atoms with E-state index < -0.39 is 27.8 Å². The molecule has 27 heavy (non-hydrogen) atoms. The molecule has 16 N–H and O–H groups in total. The third-order valence-corrected chi connectivity index (χ3v) is 5.13. The second kappa shape index (κ2) is 20.8. The first-order valence-electron chi connectivity index (χ1n) is 8.45. The molecule has 0 bridgehead atoms. The second-order valence-electron chi connectivity index (χ2n) is 6.19. The highest BCUT2D eigenvalue weighted by atomic mass is 31.2. The van der Waals surface area contributed by atoms with Gasteiger partial charge in [-0.05, 0) is 13.0 Å². The summed E-state index contributed by atoms with van der Waals surface area (Å²) in [6.45, 7) is 2.49. The molecule has 0 saturated heterocycles. The summed E-state index contributed by atoms with van der Waals surface area (Å²) < 4.78 is 22.0. The molecule has 0 aromatic carbocycles. The molecule has 13 heteroatoms. The minimum atomic E-state index is -4.31. The number of rotatable bonds is 15. The monoisotopic (exact) mass is 441 g/mol. The zero-order valence-corrected chi connectivity index (χ0v) is 18.8. The molecule has 0 aliphatic rings. The third-order valence-electron chi connectivity index (χ3n) is 3.60. The van der Waals surface area contributed by atoms with Crippen LogP contribution in [0.25, 0.3) is 0 Å². The smallest absolute Gasteiger partial charge is 0.339 e. The highest BCUT2D eigenvalue weighted by molar-refractivity contribution is 7.52. The first kappa shape index (κ1) is 37.8. The summed E-state index contributed by atoms with van der Waals surface area (Å²) in [4.78, 5) is 37.0. The van der Waals surface area contributed by atoms with Crippen LogP contribution >= 0.6 is 15.2 Å². The summed E-state index contributed by atoms with van der Waals surface area (Å²) >= 11 is 0. The van der Waals surface area contributed by atoms with E-state index in [1.54, 1.807) is 0 Å². The van der Waals surface area contributed by atoms with E-state index in [0.29, 0.717) is 13.0 Å². The molecular formula is C14H45N5O6P2. The Labute approximate surface area is 164 Å². The van der Waals surface area contributed by atoms with Crippen molar-refractivity contribution in [1.82, 2.24) is 29.5 Å². The fourth-order valence-corrected chi connectivity index (χ4v) is 4.21. The highest BCUT2D eigenvalue weighted by Gasteiger charge is 2.25. The average molecular weight is 441 g/mol. The van der Waals surface area contributed by atoms with Crippen molar-refractivity contribution in [2.24, 2.45) is 0 Å². The fraction of sp³-hybridized carbons (Fsp3) is 1.00. The normalized spacial score (nSPS) is 11.0. The van der Waals surface area contributed by atoms with Crippen molar-refractivity contribution >= 4 is 15.2 Å². The van der Waals surface area contributed by atoms with Gasteiger partial charge in [0.05, 0.1) is 0 Å². The van der Waals surface area contributed by atoms with Crippen LogP contribution in [0, 0.1) is 0 Å². The molecule has 0 aromatic rings. The Morgan fingerprint density at radius 2 is 0.889 bits per heavy atom. The fourth-order valence-electron chi connectivity index (χ4n) is 2.53. The molecule has 0 atom stereocenters. The van der Waals surface area contributed by atoms with Crippen molar-refractivity contribution in [2.75, 3.05) is 19.1 Å². The van der Waals surface area contributed by atoms with Crippen LogP contribution < -0.4 is 24.6 Å². The summed E-state index contributed by atoms with van der Waals surface area (Å²) in [5.41, 5.74) is 0. The van der Waals surface area contributed by atoms with Gasteiger partial charge in [0.2, 0.25) is 0 Å². The summed E-state index contributed by atoms with van der Waals surface area (Å²) in [7, 11) is -8.61. The van der Waals surface area contributed by atoms with Gasteiger partial charge in [-0.1, -0.05) is 64.7 Å². The zero-order valence-electron chi connectivity index (χ0n) is 17.0. The van der Waals surface area contributed by atoms with E-state index in [1.807, 2.05) is 0 Å². The maximum atomic E-state index is 11.0. The van der Waals surface area contributed by atoms with Crippen molar-refractivity contribution in [3.05, 3.63) is 0 Å². The quantitative estimate of drug-likeness (QED) is 0.132. The van der Waals surface area contributed by atoms with Crippen LogP contribution in [0.2, 0.25) is 0 Å². The number of nitrogens with zero attached hydrogens (tertiary/aromatic N) is 1. The number of unbranched alkanes of at least 4 members (excludes halogenated alkanes) is 9. The predicted octanol–water partition coefficient (Wildman–Crippen LogP) is 4.13. The van der Waals surface area contributed by atoms with E-state index in [0.717, 1.165) is 19.3 Å². The highest BCUT2D eigenvalue weighted by Crippen LogP contribution is 2.40. The maximum Gasteiger partial charge on any atom is 0.339 e. The van der Waals surface area contributed by atoms with Crippen LogP contribution in [0.4, 0.5) is 0 Å². The molecule has 0 fully saturated rings. The first-order valence-corrected chi connectivity index (χ1v) is 12.0. The van der Waals surface area contributed by atoms with Gasteiger partial charge in [0.15, 0.2) is 0 Å². The minimum absolute atomic E-state index is 0. The van der Waals surface area contributed by atoms with Crippen molar-refractivity contribution in [3.8, 4) is 0 Å². The molecule has 172 valence electrons. The van der Waals surface area contributed by atoms with Gasteiger partial charge in [0.25, 0.3) is 0 Å². The van der Waals surface area contributed by atoms with Crippen molar-refractivity contribution in [3.63, 3.8) is 0 Å². The van der Waals surface area contributed by atoms with Crippen LogP contribution in [0.3, 0.4) is 0 Å². The Kier molecular flexibility index (Phi) is 29.2. The van der Waals surface area contributed by atoms with E-state index >= 15 is 0 Å². The van der Waals surface area contributed by atoms with Crippen LogP contribution in [-0.2, 0) is 9.13 Å². The maximum absolute atomic E-state index is 11.0. The molecule has 0 unspecified atom stereocenters. The van der Waals surface area contributed by atoms with Crippen molar-refractivity contribution in [1.29, 1.82) is 0 Å². The average Bonchev–Trinajstić information content (AvgIpc) is 2.37. The predicted molar refractivity (Wildman–Crippen MR) is 112 cm³/mol. The molecule has 11 nitrogen and oxygen atoms in total. The Bertz CT molecular complexity index is 370. The van der Waals surface area contributed by atoms with Gasteiger partial charge in [0.1, 0.15) is 12.6 Å². The van der Waals surface area contributed by atoms with E-state index in [4.69, 9.17) is 19.6 Å². The lowest BCUT2D eigenvalue weighted by atomic mass is 10.1. The van der Waals surface area contributed by atoms with Crippen LogP contribution in [0.1, 0.15) is 71.1 Å². The van der Waals surface area contributed by atoms with Gasteiger partial charge >= 0.3 is 15.2 Å². The summed E-state index contributed by atoms with van der Waals surface area (Å²) in [6, 6.07) is 0. The summed E-state index contributed by atoms with van der Waals surface area (Å²) in [5, 5.41) is 0. The molecular weight excluding hydrogens is 396 g/mol. The second-order valence-corrected chi connectivity index (χ2v) is 9.41. The Morgan fingerprint density at radius 1 is 0.593 bits per heavy atom. The van der Waals surface area contributed by atoms with E-state index in [1.165, 1.54) is 43.4 Å². The number of hydrogen-bond acceptors (Lipinski definition) is 7. The lowest BCUT2D eigenvalue weighted by Gasteiger charge is -2.22. The van der Waals surface area contributed by atoms with Crippen LogP contribution in [0.5, 0.6) is 0 Å². The van der Waals surface area contributed by atoms with Gasteiger partial charge in [0, 0.05) is 0 Å². The third kappa shape index (κ3) is 31.0. The lowest BCUT2D eigenvalue weighted by molar-refractivity contribution is 0.273. The van der Waals surface area contributed by atoms with E-state index in [9.17, 15) is 9.13 Å². The van der Waals surface area contributed by atoms with E-state index in [-0.39, 0.29) is 24.6 Å². The Balaban J connectivity index is -0.000000403. The van der Waals surface area contributed by atoms with Gasteiger partial charge in [-0.3, -0.25) is 14.0 Å². The molecule has 0 aliphatic heterocycles. The molecule has 0 rings (SSSR count). The topological polar surface area (TPSA) is 258 Å². The Morgan fingerprint density at radius 3 is 1.19 bits per heavy atom. The molecule has 0 aliphatic carbocycles. The van der Waals surface area contributed by atoms with Gasteiger partial charge in [-0.25, -0.2) is 0 Å². The van der Waals surface area contributed by atoms with Crippen LogP contribution in [0.15, 0.2) is 0 Å². The summed E-state index contributed by atoms with van der Waals surface area (Å²) in [5.74, 6) is 0. The largest absolute Gasteiger partial charge is 0.344 e. The zero-order chi connectivity index (χ0) is 17.8. The van der Waals surface area contributed by atoms with Crippen molar-refractivity contribution in [2.45, 2.75) is 71.1 Å². The van der Waals surface area contributed by atoms with Crippen molar-refractivity contribution < 1.29 is 28.7 Å². The minimum Gasteiger partial charge on any atom is -0.344 e. The standard InChI is InChI=1S/C14H33NO6P2.4H3N/c1-2-3-4-5-6-7-8-9-10-11-12-15(13-22(16,17)18)14-23(19,20)21;;;;/h2-14H2,1H3,(H2,16,17,18)(H2,19,20,21);4*1H3. The first-order chi connectivity index (χ1) is 10.6. The number of hydrogen-bond donors (Lipinski definition) is 8. The molecule has 0 spiro atoms. The molecule has 0 saturated carbocycles. The molecule has 0 amide bonds. The molecule has 0 radical (unpaired) electrons. The van der Waals surface area contributed by atoms with Gasteiger partial charge < -0.3 is 44.2 Å². The lowest BCUT2D eigenvalue weighted by Crippen LogP contribution is -2.27. The summed E-state index contributed by atoms with van der Waals surface area (Å²) in [6.07, 6.45) is 10.2. The van der Waals surface area contributed by atoms with E-state index in [2.05, 4.69) is 6.92 Å². The Hall–Kier alpha value is 0.100. The molecule has 0 heterocycles. The SMILES string of the molecule is CCCCCCCCCCCCN(CP(=O)(O)O)CP(=O)(O)O.N.N.N.N.